The van der Waals surface area contributed by atoms with Crippen molar-refractivity contribution in [3.05, 3.63) is 16.9 Å². The summed E-state index contributed by atoms with van der Waals surface area (Å²) in [6.07, 6.45) is 4.25. The van der Waals surface area contributed by atoms with Crippen molar-refractivity contribution in [2.24, 2.45) is 0 Å². The molecule has 1 aromatic heterocycles. The summed E-state index contributed by atoms with van der Waals surface area (Å²) in [4.78, 5) is 12.0. The van der Waals surface area contributed by atoms with Crippen LogP contribution in [0, 0.1) is 0 Å². The van der Waals surface area contributed by atoms with Crippen molar-refractivity contribution >= 4 is 21.9 Å². The molecule has 1 unspecified atom stereocenters. The molecule has 1 aromatic rings. The molecule has 6 heteroatoms. The Bertz CT molecular complexity index is 394. The summed E-state index contributed by atoms with van der Waals surface area (Å²) in [5.41, 5.74) is -0.664. The van der Waals surface area contributed by atoms with Crippen LogP contribution in [0.5, 0.6) is 0 Å². The van der Waals surface area contributed by atoms with Crippen molar-refractivity contribution in [2.75, 3.05) is 13.2 Å². The molecule has 0 aliphatic heterocycles. The van der Waals surface area contributed by atoms with E-state index < -0.39 is 5.54 Å². The fraction of sp³-hybridized carbons (Fsp3) is 0.667. The molecule has 0 fully saturated rings. The van der Waals surface area contributed by atoms with E-state index in [1.54, 1.807) is 10.9 Å². The minimum absolute atomic E-state index is 0.210. The lowest BCUT2D eigenvalue weighted by atomic mass is 9.98. The van der Waals surface area contributed by atoms with Gasteiger partial charge in [-0.15, -0.1) is 0 Å². The van der Waals surface area contributed by atoms with Crippen LogP contribution < -0.4 is 5.32 Å². The van der Waals surface area contributed by atoms with E-state index in [1.807, 2.05) is 27.0 Å². The summed E-state index contributed by atoms with van der Waals surface area (Å²) in [5.74, 6) is -0.210. The van der Waals surface area contributed by atoms with Crippen LogP contribution in [0.3, 0.4) is 0 Å². The largest absolute Gasteiger partial charge is 0.465 e. The van der Waals surface area contributed by atoms with Crippen molar-refractivity contribution in [2.45, 2.75) is 39.3 Å². The minimum Gasteiger partial charge on any atom is -0.465 e. The lowest BCUT2D eigenvalue weighted by Gasteiger charge is -2.28. The summed E-state index contributed by atoms with van der Waals surface area (Å²) in [6, 6.07) is 0. The number of nitrogens with one attached hydrogen (secondary N) is 1. The first kappa shape index (κ1) is 15.2. The molecule has 0 saturated heterocycles. The number of carbonyl (C=O) groups excluding carboxylic acids is 1. The number of ether oxygens (including phenoxy) is 1. The number of rotatable bonds is 7. The number of hydrogen-bond donors (Lipinski definition) is 1. The number of likely N-dealkylation sites (N-methyl/N-ethyl adjacent to an activating group) is 1. The van der Waals surface area contributed by atoms with Crippen molar-refractivity contribution in [3.8, 4) is 0 Å². The first-order valence-electron chi connectivity index (χ1n) is 6.12. The van der Waals surface area contributed by atoms with Crippen molar-refractivity contribution in [1.82, 2.24) is 15.1 Å². The molecule has 1 rings (SSSR count). The Morgan fingerprint density at radius 2 is 2.33 bits per heavy atom. The zero-order valence-electron chi connectivity index (χ0n) is 11.1. The molecule has 0 aliphatic rings. The molecule has 0 spiro atoms. The SMILES string of the molecule is CCNC(C)(CCn1cc(Br)cn1)C(=O)OCC. The van der Waals surface area contributed by atoms with Crippen molar-refractivity contribution in [1.29, 1.82) is 0 Å². The maximum Gasteiger partial charge on any atom is 0.326 e. The number of aromatic nitrogens is 2. The van der Waals surface area contributed by atoms with E-state index in [9.17, 15) is 4.79 Å². The number of esters is 1. The van der Waals surface area contributed by atoms with Crippen LogP contribution in [-0.4, -0.2) is 34.4 Å². The smallest absolute Gasteiger partial charge is 0.326 e. The normalized spacial score (nSPS) is 14.2. The van der Waals surface area contributed by atoms with E-state index in [0.29, 0.717) is 19.6 Å². The molecular formula is C12H20BrN3O2. The van der Waals surface area contributed by atoms with Gasteiger partial charge >= 0.3 is 5.97 Å². The van der Waals surface area contributed by atoms with Gasteiger partial charge in [0.05, 0.1) is 17.3 Å². The Morgan fingerprint density at radius 1 is 1.61 bits per heavy atom. The van der Waals surface area contributed by atoms with E-state index >= 15 is 0 Å². The zero-order chi connectivity index (χ0) is 13.6. The monoisotopic (exact) mass is 317 g/mol. The molecule has 0 amide bonds. The molecule has 0 saturated carbocycles. The average Bonchev–Trinajstić information content (AvgIpc) is 2.73. The predicted octanol–water partition coefficient (Wildman–Crippen LogP) is 1.97. The average molecular weight is 318 g/mol. The second-order valence-corrected chi connectivity index (χ2v) is 5.17. The van der Waals surface area contributed by atoms with Gasteiger partial charge in [0, 0.05) is 12.7 Å². The van der Waals surface area contributed by atoms with Crippen LogP contribution in [0.25, 0.3) is 0 Å². The molecular weight excluding hydrogens is 298 g/mol. The van der Waals surface area contributed by atoms with Gasteiger partial charge in [-0.3, -0.25) is 9.48 Å². The molecule has 0 bridgehead atoms. The fourth-order valence-corrected chi connectivity index (χ4v) is 2.07. The third-order valence-corrected chi connectivity index (χ3v) is 3.15. The molecule has 1 N–H and O–H groups in total. The minimum atomic E-state index is -0.664. The van der Waals surface area contributed by atoms with Gasteiger partial charge < -0.3 is 10.1 Å². The number of halogens is 1. The van der Waals surface area contributed by atoms with Gasteiger partial charge in [-0.05, 0) is 42.7 Å². The topological polar surface area (TPSA) is 56.2 Å². The van der Waals surface area contributed by atoms with Gasteiger partial charge in [0.1, 0.15) is 5.54 Å². The predicted molar refractivity (Wildman–Crippen MR) is 73.3 cm³/mol. The van der Waals surface area contributed by atoms with E-state index in [-0.39, 0.29) is 5.97 Å². The van der Waals surface area contributed by atoms with Crippen LogP contribution >= 0.6 is 15.9 Å². The summed E-state index contributed by atoms with van der Waals surface area (Å²) in [7, 11) is 0. The third kappa shape index (κ3) is 4.10. The van der Waals surface area contributed by atoms with Crippen molar-refractivity contribution < 1.29 is 9.53 Å². The number of nitrogens with zero attached hydrogens (tertiary/aromatic N) is 2. The summed E-state index contributed by atoms with van der Waals surface area (Å²) < 4.78 is 7.85. The van der Waals surface area contributed by atoms with Gasteiger partial charge in [-0.2, -0.15) is 5.10 Å². The molecule has 5 nitrogen and oxygen atoms in total. The first-order valence-corrected chi connectivity index (χ1v) is 6.91. The van der Waals surface area contributed by atoms with Gasteiger partial charge in [0.2, 0.25) is 0 Å². The van der Waals surface area contributed by atoms with Crippen LogP contribution in [0.15, 0.2) is 16.9 Å². The van der Waals surface area contributed by atoms with Crippen LogP contribution in [-0.2, 0) is 16.1 Å². The quantitative estimate of drug-likeness (QED) is 0.781. The fourth-order valence-electron chi connectivity index (χ4n) is 1.74. The van der Waals surface area contributed by atoms with Crippen LogP contribution in [0.2, 0.25) is 0 Å². The Balaban J connectivity index is 2.64. The third-order valence-electron chi connectivity index (χ3n) is 2.74. The number of hydrogen-bond acceptors (Lipinski definition) is 4. The molecule has 1 atom stereocenters. The number of carbonyl (C=O) groups is 1. The molecule has 102 valence electrons. The Kier molecular flexibility index (Phi) is 5.81. The highest BCUT2D eigenvalue weighted by atomic mass is 79.9. The Morgan fingerprint density at radius 3 is 2.83 bits per heavy atom. The molecule has 0 radical (unpaired) electrons. The second kappa shape index (κ2) is 6.89. The van der Waals surface area contributed by atoms with Crippen molar-refractivity contribution in [3.63, 3.8) is 0 Å². The summed E-state index contributed by atoms with van der Waals surface area (Å²) in [5, 5.41) is 7.37. The maximum atomic E-state index is 12.0. The lowest BCUT2D eigenvalue weighted by molar-refractivity contribution is -0.150. The zero-order valence-corrected chi connectivity index (χ0v) is 12.7. The highest BCUT2D eigenvalue weighted by molar-refractivity contribution is 9.10. The first-order chi connectivity index (χ1) is 8.51. The summed E-state index contributed by atoms with van der Waals surface area (Å²) >= 11 is 3.35. The highest BCUT2D eigenvalue weighted by Crippen LogP contribution is 2.15. The van der Waals surface area contributed by atoms with E-state index in [1.165, 1.54) is 0 Å². The van der Waals surface area contributed by atoms with E-state index in [4.69, 9.17) is 4.74 Å². The summed E-state index contributed by atoms with van der Waals surface area (Å²) in [6.45, 7) is 7.43. The standard InChI is InChI=1S/C12H20BrN3O2/c1-4-14-12(3,11(17)18-5-2)6-7-16-9-10(13)8-15-16/h8-9,14H,4-7H2,1-3H3. The van der Waals surface area contributed by atoms with E-state index in [2.05, 4.69) is 26.3 Å². The Hall–Kier alpha value is -0.880. The maximum absolute atomic E-state index is 12.0. The van der Waals surface area contributed by atoms with Gasteiger partial charge in [-0.1, -0.05) is 6.92 Å². The van der Waals surface area contributed by atoms with Crippen LogP contribution in [0.1, 0.15) is 27.2 Å². The van der Waals surface area contributed by atoms with Crippen LogP contribution in [0.4, 0.5) is 0 Å². The molecule has 18 heavy (non-hydrogen) atoms. The van der Waals surface area contributed by atoms with Gasteiger partial charge in [0.25, 0.3) is 0 Å². The second-order valence-electron chi connectivity index (χ2n) is 4.25. The lowest BCUT2D eigenvalue weighted by Crippen LogP contribution is -2.51. The number of aryl methyl sites for hydroxylation is 1. The van der Waals surface area contributed by atoms with Gasteiger partial charge in [0.15, 0.2) is 0 Å². The molecule has 0 aromatic carbocycles. The van der Waals surface area contributed by atoms with Gasteiger partial charge in [-0.25, -0.2) is 0 Å². The van der Waals surface area contributed by atoms with E-state index in [0.717, 1.165) is 11.0 Å². The molecule has 0 aliphatic carbocycles. The molecule has 1 heterocycles. The highest BCUT2D eigenvalue weighted by Gasteiger charge is 2.33. The Labute approximate surface area is 116 Å².